The minimum Gasteiger partial charge on any atom is -0.369 e. The number of anilines is 1. The molecule has 0 spiro atoms. The molecule has 7 nitrogen and oxygen atoms in total. The summed E-state index contributed by atoms with van der Waals surface area (Å²) < 4.78 is 7.47. The van der Waals surface area contributed by atoms with Crippen molar-refractivity contribution in [2.75, 3.05) is 37.6 Å². The number of hydrogen-bond acceptors (Lipinski definition) is 6. The lowest BCUT2D eigenvalue weighted by molar-refractivity contribution is 0.236. The molecule has 2 fully saturated rings. The van der Waals surface area contributed by atoms with Crippen molar-refractivity contribution >= 4 is 5.69 Å². The fraction of sp³-hybridized carbons (Fsp3) is 0.440. The Balaban J connectivity index is 1.16. The molecule has 0 bridgehead atoms. The van der Waals surface area contributed by atoms with E-state index >= 15 is 0 Å². The highest BCUT2D eigenvalue weighted by molar-refractivity contribution is 5.51. The lowest BCUT2D eigenvalue weighted by Gasteiger charge is -2.37. The van der Waals surface area contributed by atoms with E-state index in [2.05, 4.69) is 67.5 Å². The lowest BCUT2D eigenvalue weighted by atomic mass is 10.1. The molecule has 0 unspecified atom stereocenters. The number of benzene rings is 1. The largest absolute Gasteiger partial charge is 0.369 e. The summed E-state index contributed by atoms with van der Waals surface area (Å²) in [5.74, 6) is 7.88. The van der Waals surface area contributed by atoms with Gasteiger partial charge in [0.1, 0.15) is 11.5 Å². The van der Waals surface area contributed by atoms with E-state index in [1.54, 1.807) is 0 Å². The second-order valence-corrected chi connectivity index (χ2v) is 8.93. The van der Waals surface area contributed by atoms with Gasteiger partial charge < -0.3 is 19.7 Å². The molecule has 0 amide bonds. The minimum atomic E-state index is 0.102. The fourth-order valence-electron chi connectivity index (χ4n) is 4.24. The van der Waals surface area contributed by atoms with E-state index < -0.39 is 0 Å². The molecule has 3 aromatic rings. The zero-order valence-electron chi connectivity index (χ0n) is 18.6. The number of hydrogen-bond donors (Lipinski definition) is 1. The molecule has 1 saturated carbocycles. The topological polar surface area (TPSA) is 76.4 Å². The van der Waals surface area contributed by atoms with Crippen LogP contribution in [0, 0.1) is 11.8 Å². The molecule has 0 atom stereocenters. The van der Waals surface area contributed by atoms with Gasteiger partial charge in [-0.2, -0.15) is 0 Å². The van der Waals surface area contributed by atoms with Gasteiger partial charge >= 0.3 is 0 Å². The molecular weight excluding hydrogens is 400 g/mol. The second-order valence-electron chi connectivity index (χ2n) is 8.93. The first-order chi connectivity index (χ1) is 15.6. The number of aromatic nitrogens is 3. The summed E-state index contributed by atoms with van der Waals surface area (Å²) in [6.45, 7) is 8.01. The van der Waals surface area contributed by atoms with Gasteiger partial charge in [-0.25, -0.2) is 4.98 Å². The van der Waals surface area contributed by atoms with E-state index in [0.717, 1.165) is 56.2 Å². The number of piperazine rings is 1. The first-order valence-corrected chi connectivity index (χ1v) is 11.4. The average molecular weight is 431 g/mol. The molecule has 2 aromatic heterocycles. The Kier molecular flexibility index (Phi) is 5.73. The van der Waals surface area contributed by atoms with Gasteiger partial charge in [0.2, 0.25) is 5.76 Å². The molecule has 1 aliphatic carbocycles. The Morgan fingerprint density at radius 3 is 2.59 bits per heavy atom. The van der Waals surface area contributed by atoms with Crippen LogP contribution in [0.25, 0.3) is 0 Å². The fourth-order valence-corrected chi connectivity index (χ4v) is 4.24. The van der Waals surface area contributed by atoms with Crippen LogP contribution >= 0.6 is 0 Å². The molecule has 166 valence electrons. The number of aryl methyl sites for hydroxylation is 1. The Morgan fingerprint density at radius 2 is 1.88 bits per heavy atom. The highest BCUT2D eigenvalue weighted by Gasteiger charge is 2.40. The zero-order chi connectivity index (χ0) is 22.0. The predicted molar refractivity (Wildman–Crippen MR) is 124 cm³/mol. The average Bonchev–Trinajstić information content (AvgIpc) is 3.18. The Morgan fingerprint density at radius 1 is 1.09 bits per heavy atom. The molecule has 0 radical (unpaired) electrons. The summed E-state index contributed by atoms with van der Waals surface area (Å²) in [5.41, 5.74) is 9.43. The van der Waals surface area contributed by atoms with E-state index in [9.17, 15) is 0 Å². The first-order valence-electron chi connectivity index (χ1n) is 11.4. The summed E-state index contributed by atoms with van der Waals surface area (Å²) in [7, 11) is 0. The van der Waals surface area contributed by atoms with Crippen LogP contribution < -0.4 is 10.6 Å². The summed E-state index contributed by atoms with van der Waals surface area (Å²) in [4.78, 5) is 9.28. The molecule has 7 heteroatoms. The molecule has 1 saturated heterocycles. The van der Waals surface area contributed by atoms with Crippen molar-refractivity contribution in [2.45, 2.75) is 38.3 Å². The first kappa shape index (κ1) is 20.8. The van der Waals surface area contributed by atoms with Crippen molar-refractivity contribution < 1.29 is 4.52 Å². The SMILES string of the molecule is CCc1nccn1Cc1cc(C#Cc2ccc(N3CCN(CC4(N)CC4)CC3)cc2)on1. The van der Waals surface area contributed by atoms with Crippen molar-refractivity contribution in [2.24, 2.45) is 5.73 Å². The molecule has 3 heterocycles. The molecule has 1 aromatic carbocycles. The quantitative estimate of drug-likeness (QED) is 0.606. The Bertz CT molecular complexity index is 1110. The van der Waals surface area contributed by atoms with E-state index in [4.69, 9.17) is 10.3 Å². The number of imidazole rings is 1. The van der Waals surface area contributed by atoms with Gasteiger partial charge in [-0.1, -0.05) is 18.0 Å². The van der Waals surface area contributed by atoms with Crippen LogP contribution in [0.1, 0.15) is 42.6 Å². The van der Waals surface area contributed by atoms with Gasteiger partial charge in [0.15, 0.2) is 0 Å². The predicted octanol–water partition coefficient (Wildman–Crippen LogP) is 2.49. The Hall–Kier alpha value is -3.08. The summed E-state index contributed by atoms with van der Waals surface area (Å²) in [5, 5.41) is 4.14. The van der Waals surface area contributed by atoms with E-state index in [0.29, 0.717) is 12.3 Å². The molecule has 1 aliphatic heterocycles. The molecule has 5 rings (SSSR count). The van der Waals surface area contributed by atoms with Crippen LogP contribution in [0.15, 0.2) is 47.2 Å². The zero-order valence-corrected chi connectivity index (χ0v) is 18.6. The van der Waals surface area contributed by atoms with Crippen molar-refractivity contribution in [1.82, 2.24) is 19.6 Å². The van der Waals surface area contributed by atoms with Gasteiger partial charge in [-0.05, 0) is 43.0 Å². The van der Waals surface area contributed by atoms with Crippen LogP contribution in [0.2, 0.25) is 0 Å². The number of rotatable bonds is 6. The standard InChI is InChI=1S/C25H30N6O/c1-2-24-27-11-12-31(24)18-21-17-23(32-28-21)8-5-20-3-6-22(7-4-20)30-15-13-29(14-16-30)19-25(26)9-10-25/h3-4,6-7,11-12,17H,2,9-10,13-16,18-19,26H2,1H3. The number of nitrogens with zero attached hydrogens (tertiary/aromatic N) is 5. The van der Waals surface area contributed by atoms with E-state index in [1.807, 2.05) is 18.5 Å². The maximum absolute atomic E-state index is 6.27. The monoisotopic (exact) mass is 430 g/mol. The summed E-state index contributed by atoms with van der Waals surface area (Å²) in [6, 6.07) is 10.4. The van der Waals surface area contributed by atoms with Crippen LogP contribution in [-0.2, 0) is 13.0 Å². The number of nitrogens with two attached hydrogens (primary N) is 1. The van der Waals surface area contributed by atoms with Crippen LogP contribution in [0.3, 0.4) is 0 Å². The van der Waals surface area contributed by atoms with Crippen LogP contribution in [0.4, 0.5) is 5.69 Å². The van der Waals surface area contributed by atoms with Crippen molar-refractivity contribution in [1.29, 1.82) is 0 Å². The smallest absolute Gasteiger partial charge is 0.210 e. The summed E-state index contributed by atoms with van der Waals surface area (Å²) in [6.07, 6.45) is 7.01. The van der Waals surface area contributed by atoms with Crippen LogP contribution in [-0.4, -0.2) is 57.9 Å². The second kappa shape index (κ2) is 8.81. The van der Waals surface area contributed by atoms with Gasteiger partial charge in [-0.3, -0.25) is 4.90 Å². The van der Waals surface area contributed by atoms with E-state index in [1.165, 1.54) is 18.5 Å². The van der Waals surface area contributed by atoms with Gasteiger partial charge in [0.05, 0.1) is 6.54 Å². The van der Waals surface area contributed by atoms with Crippen molar-refractivity contribution in [3.8, 4) is 11.8 Å². The third-order valence-corrected chi connectivity index (χ3v) is 6.37. The van der Waals surface area contributed by atoms with Crippen molar-refractivity contribution in [3.63, 3.8) is 0 Å². The maximum atomic E-state index is 6.27. The highest BCUT2D eigenvalue weighted by Crippen LogP contribution is 2.33. The normalized spacial score (nSPS) is 17.8. The third kappa shape index (κ3) is 4.87. The maximum Gasteiger partial charge on any atom is 0.210 e. The van der Waals surface area contributed by atoms with Gasteiger partial charge in [0.25, 0.3) is 0 Å². The van der Waals surface area contributed by atoms with Crippen LogP contribution in [0.5, 0.6) is 0 Å². The van der Waals surface area contributed by atoms with Gasteiger partial charge in [-0.15, -0.1) is 0 Å². The van der Waals surface area contributed by atoms with E-state index in [-0.39, 0.29) is 5.54 Å². The van der Waals surface area contributed by atoms with Crippen molar-refractivity contribution in [3.05, 3.63) is 65.6 Å². The third-order valence-electron chi connectivity index (χ3n) is 6.37. The molecular formula is C25H30N6O. The van der Waals surface area contributed by atoms with Gasteiger partial charge in [0, 0.05) is 74.4 Å². The lowest BCUT2D eigenvalue weighted by Crippen LogP contribution is -2.50. The highest BCUT2D eigenvalue weighted by atomic mass is 16.5. The molecule has 2 N–H and O–H groups in total. The summed E-state index contributed by atoms with van der Waals surface area (Å²) >= 11 is 0. The molecule has 32 heavy (non-hydrogen) atoms. The minimum absolute atomic E-state index is 0.102. The Labute approximate surface area is 189 Å². The molecule has 2 aliphatic rings.